The number of hydrogen-bond donors (Lipinski definition) is 1. The molecule has 5 heteroatoms. The van der Waals surface area contributed by atoms with E-state index >= 15 is 0 Å². The molecule has 1 amide bonds. The Balaban J connectivity index is 2.21. The largest absolute Gasteiger partial charge is 0.336 e. The first kappa shape index (κ1) is 12.0. The Bertz CT molecular complexity index is 437. The van der Waals surface area contributed by atoms with Crippen molar-refractivity contribution in [3.63, 3.8) is 0 Å². The maximum absolute atomic E-state index is 13.4. The minimum atomic E-state index is -0.678. The van der Waals surface area contributed by atoms with Crippen LogP contribution in [-0.2, 0) is 0 Å². The highest BCUT2D eigenvalue weighted by atomic mass is 19.1. The molecule has 3 nitrogen and oxygen atoms in total. The molecule has 1 aliphatic rings. The van der Waals surface area contributed by atoms with E-state index in [1.165, 1.54) is 0 Å². The van der Waals surface area contributed by atoms with Crippen molar-refractivity contribution in [3.8, 4) is 0 Å². The second-order valence-corrected chi connectivity index (χ2v) is 4.23. The van der Waals surface area contributed by atoms with Gasteiger partial charge in [0.1, 0.15) is 11.6 Å². The third kappa shape index (κ3) is 2.61. The van der Waals surface area contributed by atoms with Crippen molar-refractivity contribution >= 4 is 5.91 Å². The lowest BCUT2D eigenvalue weighted by atomic mass is 10.1. The molecule has 1 atom stereocenters. The van der Waals surface area contributed by atoms with Gasteiger partial charge in [0.05, 0.1) is 5.56 Å². The number of halogens is 2. The molecule has 0 bridgehead atoms. The molecular weight excluding hydrogens is 226 g/mol. The van der Waals surface area contributed by atoms with E-state index in [0.29, 0.717) is 19.6 Å². The highest BCUT2D eigenvalue weighted by Crippen LogP contribution is 2.13. The maximum atomic E-state index is 13.4. The molecule has 92 valence electrons. The fourth-order valence-corrected chi connectivity index (χ4v) is 1.95. The smallest absolute Gasteiger partial charge is 0.257 e. The number of rotatable bonds is 1. The Morgan fingerprint density at radius 3 is 2.94 bits per heavy atom. The number of carbonyl (C=O) groups excluding carboxylic acids is 1. The lowest BCUT2D eigenvalue weighted by Crippen LogP contribution is -2.51. The van der Waals surface area contributed by atoms with Gasteiger partial charge in [-0.15, -0.1) is 0 Å². The molecule has 17 heavy (non-hydrogen) atoms. The van der Waals surface area contributed by atoms with Crippen LogP contribution in [0.5, 0.6) is 0 Å². The van der Waals surface area contributed by atoms with Crippen LogP contribution in [-0.4, -0.2) is 36.5 Å². The average Bonchev–Trinajstić information content (AvgIpc) is 2.31. The normalized spacial score (nSPS) is 20.4. The molecule has 1 aromatic carbocycles. The Morgan fingerprint density at radius 2 is 2.24 bits per heavy atom. The predicted molar refractivity (Wildman–Crippen MR) is 59.7 cm³/mol. The molecular formula is C12H14F2N2O. The first-order valence-electron chi connectivity index (χ1n) is 5.55. The third-order valence-electron chi connectivity index (χ3n) is 2.81. The van der Waals surface area contributed by atoms with Crippen LogP contribution in [0.1, 0.15) is 17.3 Å². The van der Waals surface area contributed by atoms with Gasteiger partial charge >= 0.3 is 0 Å². The Morgan fingerprint density at radius 1 is 1.47 bits per heavy atom. The van der Waals surface area contributed by atoms with Crippen molar-refractivity contribution in [2.45, 2.75) is 13.0 Å². The van der Waals surface area contributed by atoms with Crippen molar-refractivity contribution < 1.29 is 13.6 Å². The Hall–Kier alpha value is -1.49. The first-order chi connectivity index (χ1) is 8.08. The van der Waals surface area contributed by atoms with Crippen LogP contribution in [0.3, 0.4) is 0 Å². The fourth-order valence-electron chi connectivity index (χ4n) is 1.95. The lowest BCUT2D eigenvalue weighted by Gasteiger charge is -2.32. The summed E-state index contributed by atoms with van der Waals surface area (Å²) in [5, 5.41) is 3.18. The van der Waals surface area contributed by atoms with Gasteiger partial charge in [-0.25, -0.2) is 8.78 Å². The topological polar surface area (TPSA) is 32.3 Å². The zero-order valence-electron chi connectivity index (χ0n) is 9.54. The summed E-state index contributed by atoms with van der Waals surface area (Å²) in [6, 6.07) is 3.11. The van der Waals surface area contributed by atoms with Crippen LogP contribution < -0.4 is 5.32 Å². The van der Waals surface area contributed by atoms with Crippen LogP contribution in [0.25, 0.3) is 0 Å². The number of carbonyl (C=O) groups is 1. The number of piperazine rings is 1. The lowest BCUT2D eigenvalue weighted by molar-refractivity contribution is 0.0704. The summed E-state index contributed by atoms with van der Waals surface area (Å²) in [4.78, 5) is 13.6. The van der Waals surface area contributed by atoms with Gasteiger partial charge in [0.15, 0.2) is 0 Å². The second-order valence-electron chi connectivity index (χ2n) is 4.23. The van der Waals surface area contributed by atoms with Gasteiger partial charge in [-0.2, -0.15) is 0 Å². The summed E-state index contributed by atoms with van der Waals surface area (Å²) < 4.78 is 26.4. The zero-order valence-corrected chi connectivity index (χ0v) is 9.54. The van der Waals surface area contributed by atoms with Crippen LogP contribution in [0.15, 0.2) is 18.2 Å². The molecule has 0 aliphatic carbocycles. The Kier molecular flexibility index (Phi) is 3.38. The molecule has 2 rings (SSSR count). The van der Waals surface area contributed by atoms with Crippen molar-refractivity contribution in [2.75, 3.05) is 19.6 Å². The van der Waals surface area contributed by atoms with Gasteiger partial charge in [-0.05, 0) is 25.1 Å². The van der Waals surface area contributed by atoms with Crippen molar-refractivity contribution in [3.05, 3.63) is 35.4 Å². The van der Waals surface area contributed by atoms with E-state index in [9.17, 15) is 13.6 Å². The summed E-state index contributed by atoms with van der Waals surface area (Å²) in [6.45, 7) is 3.64. The van der Waals surface area contributed by atoms with Crippen molar-refractivity contribution in [1.29, 1.82) is 0 Å². The van der Waals surface area contributed by atoms with E-state index in [1.54, 1.807) is 4.90 Å². The molecule has 1 aromatic rings. The molecule has 0 unspecified atom stereocenters. The molecule has 0 saturated carbocycles. The van der Waals surface area contributed by atoms with E-state index in [2.05, 4.69) is 5.32 Å². The molecule has 1 heterocycles. The number of benzene rings is 1. The van der Waals surface area contributed by atoms with E-state index in [1.807, 2.05) is 6.92 Å². The molecule has 0 spiro atoms. The van der Waals surface area contributed by atoms with Crippen molar-refractivity contribution in [2.24, 2.45) is 0 Å². The zero-order chi connectivity index (χ0) is 12.4. The Labute approximate surface area is 98.4 Å². The molecule has 0 aromatic heterocycles. The maximum Gasteiger partial charge on any atom is 0.257 e. The van der Waals surface area contributed by atoms with Crippen LogP contribution in [0.2, 0.25) is 0 Å². The number of nitrogens with one attached hydrogen (secondary N) is 1. The van der Waals surface area contributed by atoms with Crippen LogP contribution in [0, 0.1) is 11.6 Å². The summed E-state index contributed by atoms with van der Waals surface area (Å²) >= 11 is 0. The summed E-state index contributed by atoms with van der Waals surface area (Å²) in [5.74, 6) is -1.73. The molecule has 1 aliphatic heterocycles. The summed E-state index contributed by atoms with van der Waals surface area (Å²) in [6.07, 6.45) is 0. The minimum Gasteiger partial charge on any atom is -0.336 e. The third-order valence-corrected chi connectivity index (χ3v) is 2.81. The standard InChI is InChI=1S/C12H14F2N2O/c1-8-7-16(5-4-15-8)12(17)10-6-9(13)2-3-11(10)14/h2-3,6,8,15H,4-5,7H2,1H3/t8-/m0/s1. The van der Waals surface area contributed by atoms with Gasteiger partial charge in [0.2, 0.25) is 0 Å². The van der Waals surface area contributed by atoms with E-state index in [0.717, 1.165) is 18.2 Å². The average molecular weight is 240 g/mol. The number of nitrogens with zero attached hydrogens (tertiary/aromatic N) is 1. The molecule has 1 saturated heterocycles. The van der Waals surface area contributed by atoms with E-state index < -0.39 is 17.5 Å². The highest BCUT2D eigenvalue weighted by Gasteiger charge is 2.23. The van der Waals surface area contributed by atoms with Gasteiger partial charge in [-0.1, -0.05) is 0 Å². The predicted octanol–water partition coefficient (Wildman–Crippen LogP) is 1.40. The summed E-state index contributed by atoms with van der Waals surface area (Å²) in [7, 11) is 0. The molecule has 1 N–H and O–H groups in total. The highest BCUT2D eigenvalue weighted by molar-refractivity contribution is 5.94. The van der Waals surface area contributed by atoms with Crippen molar-refractivity contribution in [1.82, 2.24) is 10.2 Å². The number of hydrogen-bond acceptors (Lipinski definition) is 2. The SMILES string of the molecule is C[C@H]1CN(C(=O)c2cc(F)ccc2F)CCN1. The van der Waals surface area contributed by atoms with Crippen LogP contribution in [0.4, 0.5) is 8.78 Å². The van der Waals surface area contributed by atoms with Gasteiger partial charge in [0.25, 0.3) is 5.91 Å². The minimum absolute atomic E-state index is 0.171. The van der Waals surface area contributed by atoms with Gasteiger partial charge < -0.3 is 10.2 Å². The number of amides is 1. The molecule has 0 radical (unpaired) electrons. The van der Waals surface area contributed by atoms with E-state index in [-0.39, 0.29) is 11.6 Å². The molecule has 1 fully saturated rings. The van der Waals surface area contributed by atoms with Gasteiger partial charge in [-0.3, -0.25) is 4.79 Å². The van der Waals surface area contributed by atoms with Crippen LogP contribution >= 0.6 is 0 Å². The quantitative estimate of drug-likeness (QED) is 0.804. The van der Waals surface area contributed by atoms with E-state index in [4.69, 9.17) is 0 Å². The van der Waals surface area contributed by atoms with Gasteiger partial charge in [0, 0.05) is 25.7 Å². The first-order valence-corrected chi connectivity index (χ1v) is 5.55. The summed E-state index contributed by atoms with van der Waals surface area (Å²) in [5.41, 5.74) is -0.195. The second kappa shape index (κ2) is 4.79. The monoisotopic (exact) mass is 240 g/mol. The fraction of sp³-hybridized carbons (Fsp3) is 0.417.